The van der Waals surface area contributed by atoms with Gasteiger partial charge in [-0.15, -0.1) is 0 Å². The average molecular weight is 259 g/mol. The summed E-state index contributed by atoms with van der Waals surface area (Å²) in [7, 11) is 0. The fourth-order valence-corrected chi connectivity index (χ4v) is 2.28. The Morgan fingerprint density at radius 1 is 1.59 bits per heavy atom. The molecule has 0 spiro atoms. The summed E-state index contributed by atoms with van der Waals surface area (Å²) in [5, 5.41) is 0.0626. The Morgan fingerprint density at radius 2 is 2.35 bits per heavy atom. The van der Waals surface area contributed by atoms with E-state index in [2.05, 4.69) is 11.8 Å². The third-order valence-electron chi connectivity index (χ3n) is 3.08. The normalized spacial score (nSPS) is 20.6. The van der Waals surface area contributed by atoms with Crippen LogP contribution in [0.5, 0.6) is 0 Å². The van der Waals surface area contributed by atoms with E-state index in [1.165, 1.54) is 12.1 Å². The van der Waals surface area contributed by atoms with E-state index >= 15 is 0 Å². The molecule has 1 unspecified atom stereocenters. The van der Waals surface area contributed by atoms with Gasteiger partial charge in [0.25, 0.3) is 0 Å². The van der Waals surface area contributed by atoms with E-state index in [0.717, 1.165) is 13.0 Å². The molecule has 1 aliphatic heterocycles. The molecule has 0 aliphatic carbocycles. The van der Waals surface area contributed by atoms with Crippen LogP contribution in [-0.4, -0.2) is 25.8 Å². The van der Waals surface area contributed by atoms with Crippen molar-refractivity contribution in [3.8, 4) is 0 Å². The molecule has 17 heavy (non-hydrogen) atoms. The summed E-state index contributed by atoms with van der Waals surface area (Å²) in [5.41, 5.74) is 7.13. The molecule has 1 saturated heterocycles. The van der Waals surface area contributed by atoms with Crippen molar-refractivity contribution in [2.45, 2.75) is 19.4 Å². The lowest BCUT2D eigenvalue weighted by atomic mass is 10.1. The molecule has 2 N–H and O–H groups in total. The van der Waals surface area contributed by atoms with Crippen molar-refractivity contribution in [1.82, 2.24) is 0 Å². The monoisotopic (exact) mass is 258 g/mol. The lowest BCUT2D eigenvalue weighted by molar-refractivity contribution is 0.0930. The first-order valence-electron chi connectivity index (χ1n) is 5.72. The Balaban J connectivity index is 2.34. The second kappa shape index (κ2) is 5.10. The number of hydrogen-bond acceptors (Lipinski definition) is 3. The van der Waals surface area contributed by atoms with E-state index in [1.807, 2.05) is 0 Å². The Labute approximate surface area is 105 Å². The molecule has 1 aromatic carbocycles. The maximum atomic E-state index is 13.5. The first-order chi connectivity index (χ1) is 8.13. The van der Waals surface area contributed by atoms with Gasteiger partial charge in [0, 0.05) is 12.6 Å². The van der Waals surface area contributed by atoms with Crippen molar-refractivity contribution in [2.75, 3.05) is 30.4 Å². The molecule has 5 heteroatoms. The summed E-state index contributed by atoms with van der Waals surface area (Å²) in [6, 6.07) is 3.12. The number of ether oxygens (including phenoxy) is 1. The SMILES string of the molecule is CCC1COCCN1c1cc(F)c(Cl)cc1N. The second-order valence-corrected chi connectivity index (χ2v) is 4.56. The molecule has 0 saturated carbocycles. The van der Waals surface area contributed by atoms with Crippen LogP contribution in [0.4, 0.5) is 15.8 Å². The first kappa shape index (κ1) is 12.5. The highest BCUT2D eigenvalue weighted by atomic mass is 35.5. The Kier molecular flexibility index (Phi) is 3.74. The van der Waals surface area contributed by atoms with Crippen molar-refractivity contribution in [3.05, 3.63) is 23.0 Å². The van der Waals surface area contributed by atoms with Crippen LogP contribution in [0.1, 0.15) is 13.3 Å². The van der Waals surface area contributed by atoms with Crippen molar-refractivity contribution in [3.63, 3.8) is 0 Å². The summed E-state index contributed by atoms with van der Waals surface area (Å²) in [4.78, 5) is 2.10. The maximum absolute atomic E-state index is 13.5. The van der Waals surface area contributed by atoms with Crippen LogP contribution in [0.2, 0.25) is 5.02 Å². The molecule has 1 atom stereocenters. The van der Waals surface area contributed by atoms with Crippen LogP contribution in [0.15, 0.2) is 12.1 Å². The van der Waals surface area contributed by atoms with Gasteiger partial charge >= 0.3 is 0 Å². The topological polar surface area (TPSA) is 38.5 Å². The standard InChI is InChI=1S/C12H16ClFN2O/c1-2-8-7-17-4-3-16(8)12-6-10(14)9(13)5-11(12)15/h5-6,8H,2-4,7,15H2,1H3. The van der Waals surface area contributed by atoms with Crippen LogP contribution in [0.3, 0.4) is 0 Å². The van der Waals surface area contributed by atoms with E-state index in [1.54, 1.807) is 0 Å². The smallest absolute Gasteiger partial charge is 0.144 e. The minimum atomic E-state index is -0.433. The number of nitrogen functional groups attached to an aromatic ring is 1. The summed E-state index contributed by atoms with van der Waals surface area (Å²) in [6.07, 6.45) is 0.934. The molecule has 1 heterocycles. The van der Waals surface area contributed by atoms with Crippen LogP contribution in [-0.2, 0) is 4.74 Å². The van der Waals surface area contributed by atoms with Crippen LogP contribution in [0.25, 0.3) is 0 Å². The van der Waals surface area contributed by atoms with E-state index in [9.17, 15) is 4.39 Å². The van der Waals surface area contributed by atoms with Gasteiger partial charge in [-0.3, -0.25) is 0 Å². The van der Waals surface area contributed by atoms with Gasteiger partial charge < -0.3 is 15.4 Å². The van der Waals surface area contributed by atoms with E-state index < -0.39 is 5.82 Å². The molecule has 94 valence electrons. The summed E-state index contributed by atoms with van der Waals surface area (Å²) in [5.74, 6) is -0.433. The Morgan fingerprint density at radius 3 is 3.06 bits per heavy atom. The van der Waals surface area contributed by atoms with Crippen LogP contribution >= 0.6 is 11.6 Å². The number of nitrogens with two attached hydrogens (primary N) is 1. The largest absolute Gasteiger partial charge is 0.397 e. The molecule has 2 rings (SSSR count). The number of halogens is 2. The number of nitrogens with zero attached hydrogens (tertiary/aromatic N) is 1. The minimum absolute atomic E-state index is 0.0626. The van der Waals surface area contributed by atoms with Gasteiger partial charge in [0.2, 0.25) is 0 Å². The summed E-state index contributed by atoms with van der Waals surface area (Å²) >= 11 is 5.70. The number of morpholine rings is 1. The quantitative estimate of drug-likeness (QED) is 0.829. The number of rotatable bonds is 2. The van der Waals surface area contributed by atoms with Gasteiger partial charge in [0.05, 0.1) is 35.7 Å². The van der Waals surface area contributed by atoms with Crippen molar-refractivity contribution in [2.24, 2.45) is 0 Å². The molecular weight excluding hydrogens is 243 g/mol. The molecule has 0 bridgehead atoms. The third kappa shape index (κ3) is 2.48. The summed E-state index contributed by atoms with van der Waals surface area (Å²) < 4.78 is 18.9. The zero-order chi connectivity index (χ0) is 12.4. The van der Waals surface area contributed by atoms with Crippen LogP contribution in [0, 0.1) is 5.82 Å². The van der Waals surface area contributed by atoms with Gasteiger partial charge in [0.1, 0.15) is 5.82 Å². The number of anilines is 2. The highest BCUT2D eigenvalue weighted by Crippen LogP contribution is 2.31. The van der Waals surface area contributed by atoms with Gasteiger partial charge in [-0.05, 0) is 12.5 Å². The van der Waals surface area contributed by atoms with Crippen molar-refractivity contribution < 1.29 is 9.13 Å². The summed E-state index contributed by atoms with van der Waals surface area (Å²) in [6.45, 7) is 4.10. The van der Waals surface area contributed by atoms with Gasteiger partial charge in [-0.25, -0.2) is 4.39 Å². The lowest BCUT2D eigenvalue weighted by Crippen LogP contribution is -2.45. The van der Waals surface area contributed by atoms with Crippen molar-refractivity contribution in [1.29, 1.82) is 0 Å². The Bertz CT molecular complexity index is 414. The fraction of sp³-hybridized carbons (Fsp3) is 0.500. The second-order valence-electron chi connectivity index (χ2n) is 4.16. The zero-order valence-corrected chi connectivity index (χ0v) is 10.5. The maximum Gasteiger partial charge on any atom is 0.144 e. The van der Waals surface area contributed by atoms with E-state index in [0.29, 0.717) is 24.6 Å². The molecule has 0 aromatic heterocycles. The van der Waals surface area contributed by atoms with Crippen LogP contribution < -0.4 is 10.6 Å². The zero-order valence-electron chi connectivity index (χ0n) is 9.75. The Hall–Kier alpha value is -1.00. The van der Waals surface area contributed by atoms with Gasteiger partial charge in [0.15, 0.2) is 0 Å². The predicted octanol–water partition coefficient (Wildman–Crippen LogP) is 2.68. The minimum Gasteiger partial charge on any atom is -0.397 e. The predicted molar refractivity (Wildman–Crippen MR) is 68.1 cm³/mol. The average Bonchev–Trinajstić information content (AvgIpc) is 2.34. The van der Waals surface area contributed by atoms with E-state index in [4.69, 9.17) is 22.1 Å². The molecule has 0 amide bonds. The molecule has 1 aliphatic rings. The lowest BCUT2D eigenvalue weighted by Gasteiger charge is -2.37. The third-order valence-corrected chi connectivity index (χ3v) is 3.37. The molecule has 3 nitrogen and oxygen atoms in total. The molecule has 0 radical (unpaired) electrons. The number of hydrogen-bond donors (Lipinski definition) is 1. The van der Waals surface area contributed by atoms with Gasteiger partial charge in [-0.1, -0.05) is 18.5 Å². The van der Waals surface area contributed by atoms with Gasteiger partial charge in [-0.2, -0.15) is 0 Å². The molecule has 1 fully saturated rings. The fourth-order valence-electron chi connectivity index (χ4n) is 2.11. The highest BCUT2D eigenvalue weighted by Gasteiger charge is 2.24. The first-order valence-corrected chi connectivity index (χ1v) is 6.10. The highest BCUT2D eigenvalue weighted by molar-refractivity contribution is 6.31. The number of benzene rings is 1. The van der Waals surface area contributed by atoms with Crippen molar-refractivity contribution >= 4 is 23.0 Å². The molecular formula is C12H16ClFN2O. The molecule has 1 aromatic rings. The van der Waals surface area contributed by atoms with E-state index in [-0.39, 0.29) is 11.1 Å².